The summed E-state index contributed by atoms with van der Waals surface area (Å²) in [6, 6.07) is 13.3. The van der Waals surface area contributed by atoms with Gasteiger partial charge in [-0.15, -0.1) is 22.7 Å². The Kier molecular flexibility index (Phi) is 4.48. The molecular formula is C17H16FNS2. The van der Waals surface area contributed by atoms with E-state index >= 15 is 0 Å². The van der Waals surface area contributed by atoms with Gasteiger partial charge in [0.05, 0.1) is 0 Å². The lowest BCUT2D eigenvalue weighted by Gasteiger charge is -2.13. The normalized spacial score (nSPS) is 12.5. The maximum absolute atomic E-state index is 13.2. The molecular weight excluding hydrogens is 301 g/mol. The Balaban J connectivity index is 1.63. The van der Waals surface area contributed by atoms with E-state index in [9.17, 15) is 4.39 Å². The number of halogens is 1. The van der Waals surface area contributed by atoms with Crippen LogP contribution < -0.4 is 5.32 Å². The van der Waals surface area contributed by atoms with E-state index in [-0.39, 0.29) is 11.9 Å². The SMILES string of the molecule is CC(NCc1cc(-c2cccs2)cs1)c1cccc(F)c1. The van der Waals surface area contributed by atoms with Gasteiger partial charge in [-0.3, -0.25) is 0 Å². The van der Waals surface area contributed by atoms with E-state index in [1.54, 1.807) is 34.8 Å². The van der Waals surface area contributed by atoms with Crippen LogP contribution >= 0.6 is 22.7 Å². The molecule has 1 unspecified atom stereocenters. The molecule has 0 aliphatic carbocycles. The van der Waals surface area contributed by atoms with Crippen LogP contribution in [0.25, 0.3) is 10.4 Å². The number of rotatable bonds is 5. The fourth-order valence-corrected chi connectivity index (χ4v) is 3.82. The van der Waals surface area contributed by atoms with Crippen molar-refractivity contribution in [3.63, 3.8) is 0 Å². The van der Waals surface area contributed by atoms with E-state index in [2.05, 4.69) is 41.2 Å². The molecule has 0 bridgehead atoms. The maximum atomic E-state index is 13.2. The van der Waals surface area contributed by atoms with E-state index in [0.29, 0.717) is 0 Å². The van der Waals surface area contributed by atoms with Gasteiger partial charge < -0.3 is 5.32 Å². The van der Waals surface area contributed by atoms with Crippen LogP contribution in [0.4, 0.5) is 4.39 Å². The molecule has 21 heavy (non-hydrogen) atoms. The van der Waals surface area contributed by atoms with Crippen molar-refractivity contribution >= 4 is 22.7 Å². The Labute approximate surface area is 132 Å². The summed E-state index contributed by atoms with van der Waals surface area (Å²) in [6.07, 6.45) is 0. The Morgan fingerprint density at radius 1 is 1.14 bits per heavy atom. The van der Waals surface area contributed by atoms with Crippen molar-refractivity contribution in [3.8, 4) is 10.4 Å². The Bertz CT molecular complexity index is 703. The van der Waals surface area contributed by atoms with Crippen molar-refractivity contribution in [1.29, 1.82) is 0 Å². The highest BCUT2D eigenvalue weighted by atomic mass is 32.1. The highest BCUT2D eigenvalue weighted by molar-refractivity contribution is 7.14. The molecule has 0 saturated heterocycles. The average Bonchev–Trinajstić information content (AvgIpc) is 3.15. The lowest BCUT2D eigenvalue weighted by molar-refractivity contribution is 0.568. The van der Waals surface area contributed by atoms with Gasteiger partial charge >= 0.3 is 0 Å². The van der Waals surface area contributed by atoms with E-state index in [1.165, 1.54) is 21.4 Å². The Morgan fingerprint density at radius 3 is 2.81 bits per heavy atom. The number of benzene rings is 1. The van der Waals surface area contributed by atoms with Gasteiger partial charge in [0.15, 0.2) is 0 Å². The van der Waals surface area contributed by atoms with Crippen LogP contribution in [-0.2, 0) is 6.54 Å². The van der Waals surface area contributed by atoms with E-state index < -0.39 is 0 Å². The van der Waals surface area contributed by atoms with Crippen LogP contribution in [0.5, 0.6) is 0 Å². The molecule has 0 amide bonds. The first kappa shape index (κ1) is 14.4. The second-order valence-electron chi connectivity index (χ2n) is 4.94. The summed E-state index contributed by atoms with van der Waals surface area (Å²) in [5.41, 5.74) is 2.26. The molecule has 0 saturated carbocycles. The standard InChI is InChI=1S/C17H16FNS2/c1-12(13-4-2-5-15(18)8-13)19-10-16-9-14(11-21-16)17-6-3-7-20-17/h2-9,11-12,19H,10H2,1H3. The molecule has 0 fully saturated rings. The summed E-state index contributed by atoms with van der Waals surface area (Å²) in [5.74, 6) is -0.183. The molecule has 1 nitrogen and oxygen atoms in total. The zero-order valence-corrected chi connectivity index (χ0v) is 13.3. The molecule has 0 spiro atoms. The smallest absolute Gasteiger partial charge is 0.123 e. The predicted molar refractivity (Wildman–Crippen MR) is 89.3 cm³/mol. The van der Waals surface area contributed by atoms with Gasteiger partial charge in [-0.1, -0.05) is 18.2 Å². The van der Waals surface area contributed by atoms with Crippen LogP contribution in [-0.4, -0.2) is 0 Å². The molecule has 0 aliphatic rings. The number of hydrogen-bond acceptors (Lipinski definition) is 3. The monoisotopic (exact) mass is 317 g/mol. The highest BCUT2D eigenvalue weighted by Crippen LogP contribution is 2.29. The molecule has 4 heteroatoms. The van der Waals surface area contributed by atoms with Gasteiger partial charge in [0.2, 0.25) is 0 Å². The Hall–Kier alpha value is -1.49. The van der Waals surface area contributed by atoms with E-state index in [0.717, 1.165) is 12.1 Å². The topological polar surface area (TPSA) is 12.0 Å². The van der Waals surface area contributed by atoms with Gasteiger partial charge in [0.25, 0.3) is 0 Å². The van der Waals surface area contributed by atoms with Crippen molar-refractivity contribution in [3.05, 3.63) is 69.5 Å². The van der Waals surface area contributed by atoms with Crippen molar-refractivity contribution < 1.29 is 4.39 Å². The minimum Gasteiger partial charge on any atom is -0.305 e. The first-order valence-electron chi connectivity index (χ1n) is 6.82. The fourth-order valence-electron chi connectivity index (χ4n) is 2.19. The lowest BCUT2D eigenvalue weighted by Crippen LogP contribution is -2.17. The van der Waals surface area contributed by atoms with Gasteiger partial charge in [-0.05, 0) is 47.5 Å². The summed E-state index contributed by atoms with van der Waals surface area (Å²) in [4.78, 5) is 2.59. The number of hydrogen-bond donors (Lipinski definition) is 1. The first-order chi connectivity index (χ1) is 10.2. The molecule has 3 aromatic rings. The van der Waals surface area contributed by atoms with Gasteiger partial charge in [-0.2, -0.15) is 0 Å². The summed E-state index contributed by atoms with van der Waals surface area (Å²) in [6.45, 7) is 2.86. The molecule has 1 aromatic carbocycles. The number of nitrogens with one attached hydrogen (secondary N) is 1. The third kappa shape index (κ3) is 3.59. The third-order valence-corrected chi connectivity index (χ3v) is 5.25. The van der Waals surface area contributed by atoms with Crippen molar-refractivity contribution in [1.82, 2.24) is 5.32 Å². The van der Waals surface area contributed by atoms with Crippen LogP contribution in [0, 0.1) is 5.82 Å². The molecule has 2 aromatic heterocycles. The second-order valence-corrected chi connectivity index (χ2v) is 6.88. The van der Waals surface area contributed by atoms with Crippen LogP contribution in [0.3, 0.4) is 0 Å². The quantitative estimate of drug-likeness (QED) is 0.658. The molecule has 2 heterocycles. The largest absolute Gasteiger partial charge is 0.305 e. The number of thiophene rings is 2. The zero-order valence-electron chi connectivity index (χ0n) is 11.7. The fraction of sp³-hybridized carbons (Fsp3) is 0.176. The molecule has 108 valence electrons. The van der Waals surface area contributed by atoms with E-state index in [1.807, 2.05) is 6.07 Å². The average molecular weight is 317 g/mol. The van der Waals surface area contributed by atoms with Crippen LogP contribution in [0.15, 0.2) is 53.2 Å². The molecule has 3 rings (SSSR count). The summed E-state index contributed by atoms with van der Waals surface area (Å²) in [7, 11) is 0. The van der Waals surface area contributed by atoms with E-state index in [4.69, 9.17) is 0 Å². The highest BCUT2D eigenvalue weighted by Gasteiger charge is 2.08. The van der Waals surface area contributed by atoms with Crippen LogP contribution in [0.1, 0.15) is 23.4 Å². The maximum Gasteiger partial charge on any atom is 0.123 e. The second kappa shape index (κ2) is 6.52. The van der Waals surface area contributed by atoms with Crippen molar-refractivity contribution in [2.75, 3.05) is 0 Å². The van der Waals surface area contributed by atoms with Crippen molar-refractivity contribution in [2.24, 2.45) is 0 Å². The zero-order chi connectivity index (χ0) is 14.7. The van der Waals surface area contributed by atoms with Gasteiger partial charge in [0.1, 0.15) is 5.82 Å². The van der Waals surface area contributed by atoms with Crippen LogP contribution in [0.2, 0.25) is 0 Å². The molecule has 0 aliphatic heterocycles. The molecule has 1 atom stereocenters. The lowest BCUT2D eigenvalue weighted by atomic mass is 10.1. The third-order valence-electron chi connectivity index (χ3n) is 3.39. The summed E-state index contributed by atoms with van der Waals surface area (Å²) in [5, 5.41) is 7.73. The first-order valence-corrected chi connectivity index (χ1v) is 8.58. The minimum absolute atomic E-state index is 0.132. The minimum atomic E-state index is -0.183. The molecule has 0 radical (unpaired) electrons. The van der Waals surface area contributed by atoms with Gasteiger partial charge in [-0.25, -0.2) is 4.39 Å². The van der Waals surface area contributed by atoms with Crippen molar-refractivity contribution in [2.45, 2.75) is 19.5 Å². The Morgan fingerprint density at radius 2 is 2.05 bits per heavy atom. The van der Waals surface area contributed by atoms with Gasteiger partial charge in [0, 0.05) is 27.9 Å². The summed E-state index contributed by atoms with van der Waals surface area (Å²) < 4.78 is 13.2. The summed E-state index contributed by atoms with van der Waals surface area (Å²) >= 11 is 3.52. The molecule has 1 N–H and O–H groups in total. The predicted octanol–water partition coefficient (Wildman–Crippen LogP) is 5.47.